The Hall–Kier alpha value is -3.69. The van der Waals surface area contributed by atoms with Crippen LogP contribution in [-0.4, -0.2) is 25.7 Å². The summed E-state index contributed by atoms with van der Waals surface area (Å²) in [6.07, 6.45) is -0.585. The first kappa shape index (κ1) is 25.9. The number of benzene rings is 1. The van der Waals surface area contributed by atoms with Gasteiger partial charge in [-0.2, -0.15) is 13.2 Å². The minimum Gasteiger partial charge on any atom is -0.285 e. The number of aromatic nitrogens is 4. The fraction of sp³-hybridized carbons (Fsp3) is 0.357. The van der Waals surface area contributed by atoms with Crippen LogP contribution in [0, 0.1) is 18.6 Å². The van der Waals surface area contributed by atoms with E-state index in [0.717, 1.165) is 0 Å². The number of rotatable bonds is 5. The smallest absolute Gasteiger partial charge is 0.285 e. The molecule has 0 amide bonds. The van der Waals surface area contributed by atoms with Crippen LogP contribution in [-0.2, 0) is 13.0 Å². The first-order valence-electron chi connectivity index (χ1n) is 12.4. The molecule has 10 heteroatoms. The molecule has 0 aliphatic heterocycles. The summed E-state index contributed by atoms with van der Waals surface area (Å²) in [5.74, 6) is -1.63. The maximum absolute atomic E-state index is 14.3. The summed E-state index contributed by atoms with van der Waals surface area (Å²) in [4.78, 5) is 26.8. The minimum atomic E-state index is -4.43. The molecule has 38 heavy (non-hydrogen) atoms. The molecule has 3 aromatic heterocycles. The lowest BCUT2D eigenvalue weighted by Gasteiger charge is -2.29. The van der Waals surface area contributed by atoms with Crippen molar-refractivity contribution >= 4 is 11.2 Å². The Balaban J connectivity index is 1.51. The van der Waals surface area contributed by atoms with Gasteiger partial charge in [0.1, 0.15) is 17.2 Å². The summed E-state index contributed by atoms with van der Waals surface area (Å²) in [5, 5.41) is 0. The van der Waals surface area contributed by atoms with Gasteiger partial charge in [0.15, 0.2) is 5.65 Å². The Morgan fingerprint density at radius 1 is 0.974 bits per heavy atom. The fourth-order valence-electron chi connectivity index (χ4n) is 5.41. The molecule has 4 aromatic rings. The van der Waals surface area contributed by atoms with E-state index in [1.807, 2.05) is 0 Å². The van der Waals surface area contributed by atoms with E-state index in [-0.39, 0.29) is 46.4 Å². The summed E-state index contributed by atoms with van der Waals surface area (Å²) in [5.41, 5.74) is 1.56. The number of hydrogen-bond acceptors (Lipinski definition) is 4. The molecule has 5 nitrogen and oxygen atoms in total. The molecule has 0 N–H and O–H groups in total. The molecular formula is C28H25F5N4O. The van der Waals surface area contributed by atoms with Gasteiger partial charge in [-0.15, -0.1) is 0 Å². The van der Waals surface area contributed by atoms with Gasteiger partial charge in [0.2, 0.25) is 0 Å². The summed E-state index contributed by atoms with van der Waals surface area (Å²) in [6.45, 7) is 1.53. The Bertz CT molecular complexity index is 1520. The van der Waals surface area contributed by atoms with Crippen molar-refractivity contribution in [3.63, 3.8) is 0 Å². The van der Waals surface area contributed by atoms with Gasteiger partial charge in [-0.1, -0.05) is 12.1 Å². The lowest BCUT2D eigenvalue weighted by Crippen LogP contribution is -2.29. The largest absolute Gasteiger partial charge is 0.393 e. The van der Waals surface area contributed by atoms with E-state index in [4.69, 9.17) is 0 Å². The van der Waals surface area contributed by atoms with Crippen LogP contribution in [0.1, 0.15) is 65.6 Å². The van der Waals surface area contributed by atoms with Crippen molar-refractivity contribution in [2.24, 2.45) is 0 Å². The summed E-state index contributed by atoms with van der Waals surface area (Å²) < 4.78 is 69.6. The van der Waals surface area contributed by atoms with E-state index in [2.05, 4.69) is 15.0 Å². The summed E-state index contributed by atoms with van der Waals surface area (Å²) >= 11 is 0. The molecule has 0 radical (unpaired) electrons. The van der Waals surface area contributed by atoms with Gasteiger partial charge in [-0.25, -0.2) is 13.8 Å². The standard InChI is InChI=1S/C28H25F5N4O/c1-16-14-35-23-12-20(17-7-9-18(10-8-17)25-21(29)5-2-6-22(25)30)27(38)37(26(23)36-16)15-24-19(4-3-11-34-24)13-28(31,32)33/h2-6,11-12,14,17-18H,7-10,13,15H2,1H3. The maximum atomic E-state index is 14.3. The zero-order valence-corrected chi connectivity index (χ0v) is 20.6. The van der Waals surface area contributed by atoms with E-state index in [9.17, 15) is 26.7 Å². The van der Waals surface area contributed by atoms with Gasteiger partial charge in [-0.3, -0.25) is 19.3 Å². The third-order valence-corrected chi connectivity index (χ3v) is 7.20. The Morgan fingerprint density at radius 3 is 2.34 bits per heavy atom. The van der Waals surface area contributed by atoms with Crippen LogP contribution in [0.5, 0.6) is 0 Å². The quantitative estimate of drug-likeness (QED) is 0.283. The van der Waals surface area contributed by atoms with E-state index in [0.29, 0.717) is 42.5 Å². The average Bonchev–Trinajstić information content (AvgIpc) is 2.86. The molecule has 1 fully saturated rings. The normalized spacial score (nSPS) is 18.2. The van der Waals surface area contributed by atoms with E-state index in [1.54, 1.807) is 19.2 Å². The summed E-state index contributed by atoms with van der Waals surface area (Å²) in [6, 6.07) is 8.30. The SMILES string of the molecule is Cc1cnc2cc(C3CCC(c4c(F)cccc4F)CC3)c(=O)n(Cc3ncccc3CC(F)(F)F)c2n1. The van der Waals surface area contributed by atoms with Gasteiger partial charge >= 0.3 is 6.18 Å². The number of aryl methyl sites for hydroxylation is 1. The number of fused-ring (bicyclic) bond motifs is 1. The lowest BCUT2D eigenvalue weighted by molar-refractivity contribution is -0.127. The van der Waals surface area contributed by atoms with Crippen LogP contribution >= 0.6 is 0 Å². The van der Waals surface area contributed by atoms with Crippen LogP contribution in [0.2, 0.25) is 0 Å². The molecule has 0 saturated heterocycles. The van der Waals surface area contributed by atoms with Crippen molar-refractivity contribution in [1.29, 1.82) is 0 Å². The highest BCUT2D eigenvalue weighted by molar-refractivity contribution is 5.71. The highest BCUT2D eigenvalue weighted by Gasteiger charge is 2.31. The molecule has 1 aromatic carbocycles. The van der Waals surface area contributed by atoms with Gasteiger partial charge in [0.25, 0.3) is 5.56 Å². The number of alkyl halides is 3. The molecule has 0 unspecified atom stereocenters. The lowest BCUT2D eigenvalue weighted by atomic mass is 9.76. The van der Waals surface area contributed by atoms with Crippen molar-refractivity contribution in [2.45, 2.75) is 63.6 Å². The predicted octanol–water partition coefficient (Wildman–Crippen LogP) is 6.37. The molecule has 3 heterocycles. The molecule has 5 rings (SSSR count). The van der Waals surface area contributed by atoms with Crippen molar-refractivity contribution in [3.05, 3.63) is 98.9 Å². The van der Waals surface area contributed by atoms with Crippen molar-refractivity contribution in [3.8, 4) is 0 Å². The van der Waals surface area contributed by atoms with Gasteiger partial charge in [0, 0.05) is 23.5 Å². The number of pyridine rings is 2. The van der Waals surface area contributed by atoms with E-state index in [1.165, 1.54) is 41.1 Å². The molecule has 1 aliphatic carbocycles. The average molecular weight is 529 g/mol. The van der Waals surface area contributed by atoms with Crippen LogP contribution < -0.4 is 5.56 Å². The first-order valence-corrected chi connectivity index (χ1v) is 12.4. The van der Waals surface area contributed by atoms with E-state index < -0.39 is 24.2 Å². The molecule has 1 aliphatic rings. The Kier molecular flexibility index (Phi) is 6.98. The van der Waals surface area contributed by atoms with Gasteiger partial charge < -0.3 is 0 Å². The van der Waals surface area contributed by atoms with Gasteiger partial charge in [0.05, 0.1) is 24.4 Å². The number of hydrogen-bond donors (Lipinski definition) is 0. The second-order valence-corrected chi connectivity index (χ2v) is 9.80. The number of nitrogens with zero attached hydrogens (tertiary/aromatic N) is 4. The highest BCUT2D eigenvalue weighted by atomic mass is 19.4. The monoisotopic (exact) mass is 528 g/mol. The second kappa shape index (κ2) is 10.2. The molecule has 1 saturated carbocycles. The third kappa shape index (κ3) is 5.30. The maximum Gasteiger partial charge on any atom is 0.393 e. The Labute approximate surface area is 215 Å². The Morgan fingerprint density at radius 2 is 1.66 bits per heavy atom. The molecular weight excluding hydrogens is 503 g/mol. The predicted molar refractivity (Wildman–Crippen MR) is 132 cm³/mol. The second-order valence-electron chi connectivity index (χ2n) is 9.80. The summed E-state index contributed by atoms with van der Waals surface area (Å²) in [7, 11) is 0. The fourth-order valence-corrected chi connectivity index (χ4v) is 5.41. The molecule has 0 bridgehead atoms. The third-order valence-electron chi connectivity index (χ3n) is 7.20. The zero-order chi connectivity index (χ0) is 27.0. The minimum absolute atomic E-state index is 0.0153. The van der Waals surface area contributed by atoms with Crippen molar-refractivity contribution < 1.29 is 22.0 Å². The molecule has 0 atom stereocenters. The molecule has 0 spiro atoms. The van der Waals surface area contributed by atoms with Crippen LogP contribution in [0.3, 0.4) is 0 Å². The highest BCUT2D eigenvalue weighted by Crippen LogP contribution is 2.41. The zero-order valence-electron chi connectivity index (χ0n) is 20.6. The van der Waals surface area contributed by atoms with E-state index >= 15 is 0 Å². The van der Waals surface area contributed by atoms with Crippen LogP contribution in [0.15, 0.2) is 53.6 Å². The topological polar surface area (TPSA) is 60.7 Å². The van der Waals surface area contributed by atoms with Crippen molar-refractivity contribution in [2.75, 3.05) is 0 Å². The van der Waals surface area contributed by atoms with Crippen LogP contribution in [0.25, 0.3) is 11.2 Å². The number of halogens is 5. The molecule has 198 valence electrons. The first-order chi connectivity index (χ1) is 18.1. The van der Waals surface area contributed by atoms with Crippen molar-refractivity contribution in [1.82, 2.24) is 19.5 Å². The van der Waals surface area contributed by atoms with Gasteiger partial charge in [-0.05, 0) is 74.3 Å². The van der Waals surface area contributed by atoms with Crippen LogP contribution in [0.4, 0.5) is 22.0 Å².